The molecule has 1 N–H and O–H groups in total. The Balaban J connectivity index is 1.80. The number of carbonyl (C=O) groups excluding carboxylic acids is 1. The fourth-order valence-electron chi connectivity index (χ4n) is 4.36. The molecule has 2 atom stereocenters. The lowest BCUT2D eigenvalue weighted by Gasteiger charge is -2.32. The molecule has 1 saturated carbocycles. The Bertz CT molecular complexity index is 590. The molecule has 4 nitrogen and oxygen atoms in total. The van der Waals surface area contributed by atoms with E-state index in [9.17, 15) is 14.7 Å². The van der Waals surface area contributed by atoms with Crippen molar-refractivity contribution in [2.75, 3.05) is 13.1 Å². The van der Waals surface area contributed by atoms with E-state index in [1.165, 1.54) is 12.8 Å². The molecule has 0 spiro atoms. The second kappa shape index (κ2) is 6.96. The molecule has 2 aliphatic rings. The Morgan fingerprint density at radius 1 is 1.04 bits per heavy atom. The van der Waals surface area contributed by atoms with Gasteiger partial charge in [-0.15, -0.1) is 0 Å². The van der Waals surface area contributed by atoms with Crippen LogP contribution in [0, 0.1) is 11.3 Å². The van der Waals surface area contributed by atoms with Gasteiger partial charge in [0, 0.05) is 24.4 Å². The molecular weight excluding hydrogens is 302 g/mol. The monoisotopic (exact) mass is 329 g/mol. The topological polar surface area (TPSA) is 57.6 Å². The van der Waals surface area contributed by atoms with Crippen LogP contribution in [0.1, 0.15) is 56.9 Å². The molecule has 1 aromatic rings. The van der Waals surface area contributed by atoms with Crippen molar-refractivity contribution in [3.8, 4) is 0 Å². The highest BCUT2D eigenvalue weighted by molar-refractivity contribution is 5.84. The number of aliphatic carboxylic acids is 1. The van der Waals surface area contributed by atoms with Crippen LogP contribution in [0.15, 0.2) is 30.3 Å². The Hall–Kier alpha value is -1.84. The minimum atomic E-state index is -0.801. The van der Waals surface area contributed by atoms with Gasteiger partial charge < -0.3 is 10.0 Å². The molecule has 0 radical (unpaired) electrons. The third-order valence-corrected chi connectivity index (χ3v) is 5.88. The van der Waals surface area contributed by atoms with Gasteiger partial charge in [-0.3, -0.25) is 9.59 Å². The van der Waals surface area contributed by atoms with Gasteiger partial charge in [-0.1, -0.05) is 62.9 Å². The summed E-state index contributed by atoms with van der Waals surface area (Å²) in [5.74, 6) is -1.26. The van der Waals surface area contributed by atoms with E-state index in [2.05, 4.69) is 6.92 Å². The second-order valence-electron chi connectivity index (χ2n) is 7.65. The minimum absolute atomic E-state index is 0.109. The third kappa shape index (κ3) is 3.33. The number of carboxylic acids is 1. The third-order valence-electron chi connectivity index (χ3n) is 5.88. The van der Waals surface area contributed by atoms with Crippen molar-refractivity contribution in [1.82, 2.24) is 4.90 Å². The van der Waals surface area contributed by atoms with E-state index < -0.39 is 11.9 Å². The highest BCUT2D eigenvalue weighted by Crippen LogP contribution is 2.40. The zero-order valence-corrected chi connectivity index (χ0v) is 14.4. The summed E-state index contributed by atoms with van der Waals surface area (Å²) >= 11 is 0. The van der Waals surface area contributed by atoms with Gasteiger partial charge in [0.25, 0.3) is 0 Å². The summed E-state index contributed by atoms with van der Waals surface area (Å²) in [5.41, 5.74) is 0.705. The van der Waals surface area contributed by atoms with Gasteiger partial charge in [0.15, 0.2) is 0 Å². The maximum absolute atomic E-state index is 13.2. The lowest BCUT2D eigenvalue weighted by atomic mass is 9.81. The van der Waals surface area contributed by atoms with Crippen molar-refractivity contribution in [3.63, 3.8) is 0 Å². The molecule has 24 heavy (non-hydrogen) atoms. The number of benzene rings is 1. The number of hydrogen-bond donors (Lipinski definition) is 1. The number of amides is 1. The summed E-state index contributed by atoms with van der Waals surface area (Å²) in [6, 6.07) is 9.75. The highest BCUT2D eigenvalue weighted by Gasteiger charge is 2.45. The van der Waals surface area contributed by atoms with Crippen LogP contribution in [0.25, 0.3) is 0 Å². The molecule has 1 aliphatic heterocycles. The van der Waals surface area contributed by atoms with Crippen LogP contribution in [0.2, 0.25) is 0 Å². The van der Waals surface area contributed by atoms with Crippen LogP contribution in [0.3, 0.4) is 0 Å². The van der Waals surface area contributed by atoms with Crippen LogP contribution in [0.5, 0.6) is 0 Å². The van der Waals surface area contributed by atoms with Gasteiger partial charge in [0.2, 0.25) is 5.91 Å². The molecule has 4 heteroatoms. The number of rotatable bonds is 3. The molecule has 1 saturated heterocycles. The number of nitrogens with zero attached hydrogens (tertiary/aromatic N) is 1. The maximum atomic E-state index is 13.2. The summed E-state index contributed by atoms with van der Waals surface area (Å²) in [7, 11) is 0. The quantitative estimate of drug-likeness (QED) is 0.861. The molecule has 2 unspecified atom stereocenters. The molecule has 0 aromatic heterocycles. The normalized spacial score (nSPS) is 26.8. The lowest BCUT2D eigenvalue weighted by molar-refractivity contribution is -0.143. The molecular formula is C20H27NO3. The zero-order valence-electron chi connectivity index (χ0n) is 14.4. The Morgan fingerprint density at radius 2 is 1.67 bits per heavy atom. The number of hydrogen-bond acceptors (Lipinski definition) is 2. The van der Waals surface area contributed by atoms with Gasteiger partial charge in [0.1, 0.15) is 0 Å². The largest absolute Gasteiger partial charge is 0.481 e. The van der Waals surface area contributed by atoms with Crippen molar-refractivity contribution >= 4 is 11.9 Å². The fourth-order valence-corrected chi connectivity index (χ4v) is 4.36. The molecule has 1 heterocycles. The van der Waals surface area contributed by atoms with E-state index in [0.717, 1.165) is 31.2 Å². The molecule has 130 valence electrons. The van der Waals surface area contributed by atoms with Crippen molar-refractivity contribution < 1.29 is 14.7 Å². The van der Waals surface area contributed by atoms with E-state index in [4.69, 9.17) is 0 Å². The average molecular weight is 329 g/mol. The fraction of sp³-hybridized carbons (Fsp3) is 0.600. The van der Waals surface area contributed by atoms with E-state index in [1.54, 1.807) is 0 Å². The summed E-state index contributed by atoms with van der Waals surface area (Å²) in [6.45, 7) is 2.94. The van der Waals surface area contributed by atoms with E-state index >= 15 is 0 Å². The lowest BCUT2D eigenvalue weighted by Crippen LogP contribution is -2.41. The SMILES string of the molecule is CC1(C(=O)N2CC(C(=O)O)C(c3ccccc3)C2)CCCCCC1. The smallest absolute Gasteiger partial charge is 0.308 e. The molecule has 1 aliphatic carbocycles. The average Bonchev–Trinajstić information content (AvgIpc) is 2.92. The Morgan fingerprint density at radius 3 is 2.25 bits per heavy atom. The summed E-state index contributed by atoms with van der Waals surface area (Å²) < 4.78 is 0. The summed E-state index contributed by atoms with van der Waals surface area (Å²) in [4.78, 5) is 26.7. The van der Waals surface area contributed by atoms with Crippen LogP contribution < -0.4 is 0 Å². The number of likely N-dealkylation sites (tertiary alicyclic amines) is 1. The first-order chi connectivity index (χ1) is 11.5. The van der Waals surface area contributed by atoms with Crippen molar-refractivity contribution in [1.29, 1.82) is 0 Å². The molecule has 2 fully saturated rings. The minimum Gasteiger partial charge on any atom is -0.481 e. The van der Waals surface area contributed by atoms with E-state index in [-0.39, 0.29) is 17.2 Å². The highest BCUT2D eigenvalue weighted by atomic mass is 16.4. The van der Waals surface area contributed by atoms with Gasteiger partial charge in [0.05, 0.1) is 5.92 Å². The van der Waals surface area contributed by atoms with Gasteiger partial charge >= 0.3 is 5.97 Å². The van der Waals surface area contributed by atoms with E-state index in [1.807, 2.05) is 35.2 Å². The number of carboxylic acid groups (broad SMARTS) is 1. The van der Waals surface area contributed by atoms with Gasteiger partial charge in [-0.25, -0.2) is 0 Å². The molecule has 3 rings (SSSR count). The Labute approximate surface area is 143 Å². The van der Waals surface area contributed by atoms with E-state index in [0.29, 0.717) is 13.1 Å². The molecule has 1 aromatic carbocycles. The first-order valence-corrected chi connectivity index (χ1v) is 9.08. The first-order valence-electron chi connectivity index (χ1n) is 9.08. The summed E-state index contributed by atoms with van der Waals surface area (Å²) in [5, 5.41) is 9.63. The zero-order chi connectivity index (χ0) is 17.2. The van der Waals surface area contributed by atoms with Crippen LogP contribution >= 0.6 is 0 Å². The summed E-state index contributed by atoms with van der Waals surface area (Å²) in [6.07, 6.45) is 6.45. The standard InChI is InChI=1S/C20H27NO3/c1-20(11-7-2-3-8-12-20)19(24)21-13-16(17(14-21)18(22)23)15-9-5-4-6-10-15/h4-6,9-10,16-17H,2-3,7-8,11-14H2,1H3,(H,22,23). The van der Waals surface area contributed by atoms with Crippen molar-refractivity contribution in [2.24, 2.45) is 11.3 Å². The first kappa shape index (κ1) is 17.0. The second-order valence-corrected chi connectivity index (χ2v) is 7.65. The predicted molar refractivity (Wildman–Crippen MR) is 92.7 cm³/mol. The van der Waals surface area contributed by atoms with Crippen molar-refractivity contribution in [2.45, 2.75) is 51.4 Å². The van der Waals surface area contributed by atoms with Gasteiger partial charge in [-0.05, 0) is 18.4 Å². The number of carbonyl (C=O) groups is 2. The maximum Gasteiger partial charge on any atom is 0.308 e. The van der Waals surface area contributed by atoms with Crippen LogP contribution in [-0.4, -0.2) is 35.0 Å². The predicted octanol–water partition coefficient (Wildman–Crippen LogP) is 3.67. The Kier molecular flexibility index (Phi) is 4.93. The van der Waals surface area contributed by atoms with Gasteiger partial charge in [-0.2, -0.15) is 0 Å². The molecule has 0 bridgehead atoms. The van der Waals surface area contributed by atoms with Crippen molar-refractivity contribution in [3.05, 3.63) is 35.9 Å². The molecule has 1 amide bonds. The van der Waals surface area contributed by atoms with Crippen LogP contribution in [0.4, 0.5) is 0 Å². The van der Waals surface area contributed by atoms with Crippen LogP contribution in [-0.2, 0) is 9.59 Å².